The molecule has 132 valence electrons. The maximum Gasteiger partial charge on any atom is 0.00476 e. The zero-order valence-corrected chi connectivity index (χ0v) is 17.1. The fraction of sp³-hybridized carbons (Fsp3) is 0.478. The largest absolute Gasteiger partial charge is 0.0946 e. The van der Waals surface area contributed by atoms with Gasteiger partial charge in [0.05, 0.1) is 0 Å². The van der Waals surface area contributed by atoms with E-state index in [1.54, 1.807) is 17.0 Å². The van der Waals surface area contributed by atoms with E-state index in [1.807, 2.05) is 0 Å². The topological polar surface area (TPSA) is 0 Å². The van der Waals surface area contributed by atoms with Crippen molar-refractivity contribution in [2.45, 2.75) is 56.0 Å². The SMILES string of the molecule is CC[C@@H]1CC[C@@H](c2ccccc2)P1CP1CCC[C@H]1c1ccccc1. The summed E-state index contributed by atoms with van der Waals surface area (Å²) in [5, 5.41) is 0. The Morgan fingerprint density at radius 2 is 1.44 bits per heavy atom. The molecule has 2 aromatic carbocycles. The molecule has 0 amide bonds. The molecule has 0 spiro atoms. The monoisotopic (exact) mass is 368 g/mol. The highest BCUT2D eigenvalue weighted by Crippen LogP contribution is 2.73. The lowest BCUT2D eigenvalue weighted by Gasteiger charge is -2.31. The summed E-state index contributed by atoms with van der Waals surface area (Å²) in [5.41, 5.74) is 6.04. The zero-order valence-electron chi connectivity index (χ0n) is 15.3. The van der Waals surface area contributed by atoms with Crippen molar-refractivity contribution in [3.8, 4) is 0 Å². The van der Waals surface area contributed by atoms with Crippen LogP contribution in [0.4, 0.5) is 0 Å². The minimum Gasteiger partial charge on any atom is -0.0946 e. The first-order valence-electron chi connectivity index (χ1n) is 9.96. The molecule has 0 aliphatic carbocycles. The van der Waals surface area contributed by atoms with Gasteiger partial charge in [0.2, 0.25) is 0 Å². The van der Waals surface area contributed by atoms with E-state index in [2.05, 4.69) is 67.6 Å². The Balaban J connectivity index is 1.54. The van der Waals surface area contributed by atoms with E-state index in [-0.39, 0.29) is 15.8 Å². The predicted molar refractivity (Wildman–Crippen MR) is 114 cm³/mol. The maximum atomic E-state index is 2.43. The minimum absolute atomic E-state index is 0.152. The number of rotatable bonds is 5. The van der Waals surface area contributed by atoms with Gasteiger partial charge in [0.1, 0.15) is 0 Å². The third-order valence-electron chi connectivity index (χ3n) is 6.19. The third kappa shape index (κ3) is 3.86. The van der Waals surface area contributed by atoms with Crippen LogP contribution in [0.25, 0.3) is 0 Å². The van der Waals surface area contributed by atoms with Crippen molar-refractivity contribution in [2.75, 3.05) is 12.1 Å². The molecule has 0 aromatic heterocycles. The number of benzene rings is 2. The molecule has 2 heterocycles. The molecule has 2 heteroatoms. The lowest BCUT2D eigenvalue weighted by Crippen LogP contribution is -2.03. The van der Waals surface area contributed by atoms with Gasteiger partial charge in [-0.3, -0.25) is 0 Å². The van der Waals surface area contributed by atoms with Crippen molar-refractivity contribution >= 4 is 15.8 Å². The van der Waals surface area contributed by atoms with Gasteiger partial charge in [0, 0.05) is 11.3 Å². The van der Waals surface area contributed by atoms with Gasteiger partial charge in [-0.2, -0.15) is 0 Å². The van der Waals surface area contributed by atoms with Gasteiger partial charge in [-0.05, 0) is 61.0 Å². The van der Waals surface area contributed by atoms with Crippen molar-refractivity contribution in [1.29, 1.82) is 0 Å². The molecule has 2 fully saturated rings. The third-order valence-corrected chi connectivity index (χ3v) is 14.2. The highest BCUT2D eigenvalue weighted by atomic mass is 31.2. The van der Waals surface area contributed by atoms with Crippen LogP contribution in [0.1, 0.15) is 61.5 Å². The van der Waals surface area contributed by atoms with Crippen LogP contribution in [0.2, 0.25) is 0 Å². The van der Waals surface area contributed by atoms with Crippen molar-refractivity contribution in [3.05, 3.63) is 71.8 Å². The molecule has 2 saturated heterocycles. The second-order valence-electron chi connectivity index (χ2n) is 7.60. The Labute approximate surface area is 155 Å². The summed E-state index contributed by atoms with van der Waals surface area (Å²) < 4.78 is 0. The summed E-state index contributed by atoms with van der Waals surface area (Å²) in [6.45, 7) is 2.43. The fourth-order valence-electron chi connectivity index (χ4n) is 4.88. The van der Waals surface area contributed by atoms with Crippen molar-refractivity contribution in [3.63, 3.8) is 0 Å². The highest BCUT2D eigenvalue weighted by molar-refractivity contribution is 7.75. The molecule has 0 bridgehead atoms. The summed E-state index contributed by atoms with van der Waals surface area (Å²) in [4.78, 5) is 0. The van der Waals surface area contributed by atoms with Gasteiger partial charge < -0.3 is 0 Å². The van der Waals surface area contributed by atoms with Crippen molar-refractivity contribution in [2.24, 2.45) is 0 Å². The first kappa shape index (κ1) is 17.7. The molecule has 2 aromatic rings. The molecule has 5 atom stereocenters. The highest BCUT2D eigenvalue weighted by Gasteiger charge is 2.39. The molecule has 25 heavy (non-hydrogen) atoms. The van der Waals surface area contributed by atoms with Crippen molar-refractivity contribution in [1.82, 2.24) is 0 Å². The van der Waals surface area contributed by atoms with Gasteiger partial charge in [-0.1, -0.05) is 83.4 Å². The predicted octanol–water partition coefficient (Wildman–Crippen LogP) is 7.76. The van der Waals surface area contributed by atoms with Crippen LogP contribution in [0, 0.1) is 0 Å². The van der Waals surface area contributed by atoms with E-state index in [4.69, 9.17) is 0 Å². The Morgan fingerprint density at radius 3 is 2.08 bits per heavy atom. The summed E-state index contributed by atoms with van der Waals surface area (Å²) in [5.74, 6) is 1.57. The molecule has 2 aliphatic heterocycles. The van der Waals surface area contributed by atoms with Crippen LogP contribution < -0.4 is 0 Å². The van der Waals surface area contributed by atoms with Gasteiger partial charge in [0.25, 0.3) is 0 Å². The van der Waals surface area contributed by atoms with Crippen LogP contribution in [0.15, 0.2) is 60.7 Å². The second-order valence-corrected chi connectivity index (χ2v) is 13.4. The summed E-state index contributed by atoms with van der Waals surface area (Å²) in [6, 6.07) is 22.9. The van der Waals surface area contributed by atoms with Gasteiger partial charge in [-0.25, -0.2) is 0 Å². The standard InChI is InChI=1S/C23H30P2/c1-2-21-15-16-23(20-12-7-4-8-13-20)25(21)18-24-17-9-14-22(24)19-10-5-3-6-11-19/h3-8,10-13,21-23H,2,9,14-18H2,1H3/t21-,22+,23+,24?,25?/m1/s1. The second kappa shape index (κ2) is 8.33. The normalized spacial score (nSPS) is 32.1. The average molecular weight is 368 g/mol. The Bertz CT molecular complexity index is 654. The van der Waals surface area contributed by atoms with Crippen LogP contribution in [0.3, 0.4) is 0 Å². The van der Waals surface area contributed by atoms with Crippen LogP contribution in [-0.2, 0) is 0 Å². The summed E-state index contributed by atoms with van der Waals surface area (Å²) in [7, 11) is 0.336. The first-order valence-corrected chi connectivity index (χ1v) is 13.4. The maximum absolute atomic E-state index is 2.43. The van der Waals surface area contributed by atoms with E-state index in [1.165, 1.54) is 38.3 Å². The van der Waals surface area contributed by atoms with Crippen LogP contribution in [0.5, 0.6) is 0 Å². The molecule has 0 nitrogen and oxygen atoms in total. The van der Waals surface area contributed by atoms with Gasteiger partial charge in [-0.15, -0.1) is 0 Å². The molecule has 0 N–H and O–H groups in total. The zero-order chi connectivity index (χ0) is 17.1. The minimum atomic E-state index is 0.152. The Kier molecular flexibility index (Phi) is 5.90. The summed E-state index contributed by atoms with van der Waals surface area (Å²) in [6.07, 6.45) is 8.72. The molecule has 0 saturated carbocycles. The Morgan fingerprint density at radius 1 is 0.800 bits per heavy atom. The molecule has 0 radical (unpaired) electrons. The van der Waals surface area contributed by atoms with E-state index < -0.39 is 0 Å². The fourth-order valence-corrected chi connectivity index (χ4v) is 14.2. The lowest BCUT2D eigenvalue weighted by atomic mass is 10.1. The first-order chi connectivity index (χ1) is 12.4. The Hall–Kier alpha value is -0.700. The lowest BCUT2D eigenvalue weighted by molar-refractivity contribution is 0.722. The molecule has 2 unspecified atom stereocenters. The number of hydrogen-bond donors (Lipinski definition) is 0. The van der Waals surface area contributed by atoms with Crippen LogP contribution >= 0.6 is 15.8 Å². The van der Waals surface area contributed by atoms with E-state index in [0.717, 1.165) is 17.0 Å². The smallest absolute Gasteiger partial charge is 0.00476 e. The molecule has 2 aliphatic rings. The van der Waals surface area contributed by atoms with Crippen molar-refractivity contribution < 1.29 is 0 Å². The van der Waals surface area contributed by atoms with E-state index in [9.17, 15) is 0 Å². The average Bonchev–Trinajstić information content (AvgIpc) is 3.30. The quantitative estimate of drug-likeness (QED) is 0.473. The van der Waals surface area contributed by atoms with E-state index in [0.29, 0.717) is 0 Å². The molecule has 4 rings (SSSR count). The summed E-state index contributed by atoms with van der Waals surface area (Å²) >= 11 is 0. The molecular weight excluding hydrogens is 338 g/mol. The van der Waals surface area contributed by atoms with E-state index >= 15 is 0 Å². The number of hydrogen-bond acceptors (Lipinski definition) is 0. The van der Waals surface area contributed by atoms with Gasteiger partial charge in [0.15, 0.2) is 0 Å². The molecular formula is C23H30P2. The van der Waals surface area contributed by atoms with Gasteiger partial charge >= 0.3 is 0 Å². The van der Waals surface area contributed by atoms with Crippen LogP contribution in [-0.4, -0.2) is 17.7 Å².